The number of anilines is 1. The van der Waals surface area contributed by atoms with E-state index in [9.17, 15) is 4.79 Å². The van der Waals surface area contributed by atoms with Crippen LogP contribution in [0.1, 0.15) is 22.8 Å². The first-order valence-corrected chi connectivity index (χ1v) is 9.17. The van der Waals surface area contributed by atoms with Gasteiger partial charge >= 0.3 is 0 Å². The van der Waals surface area contributed by atoms with E-state index in [1.54, 1.807) is 23.2 Å². The minimum absolute atomic E-state index is 0.104. The van der Waals surface area contributed by atoms with Gasteiger partial charge in [0.05, 0.1) is 0 Å². The number of hydrogen-bond donors (Lipinski definition) is 0. The van der Waals surface area contributed by atoms with Crippen LogP contribution in [-0.2, 0) is 6.61 Å². The van der Waals surface area contributed by atoms with Crippen LogP contribution >= 0.6 is 15.9 Å². The number of aromatic nitrogens is 1. The van der Waals surface area contributed by atoms with Crippen molar-refractivity contribution < 1.29 is 9.53 Å². The van der Waals surface area contributed by atoms with E-state index in [-0.39, 0.29) is 5.91 Å². The predicted octanol–water partition coefficient (Wildman–Crippen LogP) is 5.09. The van der Waals surface area contributed by atoms with Gasteiger partial charge in [0.25, 0.3) is 5.91 Å². The molecule has 1 aromatic heterocycles. The molecule has 0 fully saturated rings. The molecule has 0 aliphatic carbocycles. The van der Waals surface area contributed by atoms with Crippen molar-refractivity contribution in [1.29, 1.82) is 0 Å². The molecular formula is C21H19BrN2O2. The molecule has 0 saturated carbocycles. The molecule has 0 bridgehead atoms. The first-order chi connectivity index (χ1) is 12.7. The summed E-state index contributed by atoms with van der Waals surface area (Å²) in [6.45, 7) is 2.92. The third-order valence-corrected chi connectivity index (χ3v) is 4.35. The van der Waals surface area contributed by atoms with Gasteiger partial charge in [0.1, 0.15) is 18.2 Å². The molecule has 3 rings (SSSR count). The van der Waals surface area contributed by atoms with Gasteiger partial charge in [-0.15, -0.1) is 0 Å². The van der Waals surface area contributed by atoms with Crippen LogP contribution in [0.15, 0.2) is 77.4 Å². The van der Waals surface area contributed by atoms with Crippen molar-refractivity contribution in [2.45, 2.75) is 13.5 Å². The average molecular weight is 411 g/mol. The molecule has 26 heavy (non-hydrogen) atoms. The number of carbonyl (C=O) groups is 1. The quantitative estimate of drug-likeness (QED) is 0.568. The van der Waals surface area contributed by atoms with Crippen LogP contribution < -0.4 is 9.64 Å². The maximum atomic E-state index is 12.9. The second-order valence-electron chi connectivity index (χ2n) is 5.69. The van der Waals surface area contributed by atoms with E-state index in [0.29, 0.717) is 30.3 Å². The Labute approximate surface area is 161 Å². The van der Waals surface area contributed by atoms with Crippen LogP contribution in [0, 0.1) is 0 Å². The highest BCUT2D eigenvalue weighted by atomic mass is 79.9. The molecule has 2 aromatic carbocycles. The molecule has 1 amide bonds. The SMILES string of the molecule is CCN(C(=O)c1cccc(OCc2ccccc2)c1)c1ccc(Br)cn1. The van der Waals surface area contributed by atoms with Gasteiger partial charge in [0.15, 0.2) is 0 Å². The van der Waals surface area contributed by atoms with Gasteiger partial charge in [0.2, 0.25) is 0 Å². The summed E-state index contributed by atoms with van der Waals surface area (Å²) in [5, 5.41) is 0. The normalized spacial score (nSPS) is 10.4. The lowest BCUT2D eigenvalue weighted by Crippen LogP contribution is -2.31. The van der Waals surface area contributed by atoms with E-state index in [1.807, 2.05) is 61.5 Å². The Bertz CT molecular complexity index is 867. The highest BCUT2D eigenvalue weighted by Gasteiger charge is 2.17. The van der Waals surface area contributed by atoms with Gasteiger partial charge < -0.3 is 4.74 Å². The number of pyridine rings is 1. The minimum atomic E-state index is -0.104. The Kier molecular flexibility index (Phi) is 6.02. The fourth-order valence-electron chi connectivity index (χ4n) is 2.55. The standard InChI is InChI=1S/C21H19BrN2O2/c1-2-24(20-12-11-18(22)14-23-20)21(25)17-9-6-10-19(13-17)26-15-16-7-4-3-5-8-16/h3-14H,2,15H2,1H3. The van der Waals surface area contributed by atoms with E-state index in [1.165, 1.54) is 0 Å². The summed E-state index contributed by atoms with van der Waals surface area (Å²) < 4.78 is 6.70. The van der Waals surface area contributed by atoms with E-state index in [0.717, 1.165) is 10.0 Å². The molecule has 0 N–H and O–H groups in total. The molecule has 1 heterocycles. The van der Waals surface area contributed by atoms with Crippen molar-refractivity contribution in [2.75, 3.05) is 11.4 Å². The van der Waals surface area contributed by atoms with E-state index in [4.69, 9.17) is 4.74 Å². The highest BCUT2D eigenvalue weighted by molar-refractivity contribution is 9.10. The van der Waals surface area contributed by atoms with Crippen molar-refractivity contribution in [1.82, 2.24) is 4.98 Å². The zero-order valence-electron chi connectivity index (χ0n) is 14.4. The molecule has 0 unspecified atom stereocenters. The third kappa shape index (κ3) is 4.49. The molecular weight excluding hydrogens is 392 g/mol. The molecule has 0 spiro atoms. The molecule has 0 saturated heterocycles. The maximum absolute atomic E-state index is 12.9. The van der Waals surface area contributed by atoms with Crippen LogP contribution in [-0.4, -0.2) is 17.4 Å². The number of nitrogens with zero attached hydrogens (tertiary/aromatic N) is 2. The fraction of sp³-hybridized carbons (Fsp3) is 0.143. The van der Waals surface area contributed by atoms with Crippen molar-refractivity contribution >= 4 is 27.7 Å². The molecule has 0 aliphatic heterocycles. The highest BCUT2D eigenvalue weighted by Crippen LogP contribution is 2.20. The second-order valence-corrected chi connectivity index (χ2v) is 6.60. The van der Waals surface area contributed by atoms with Gasteiger partial charge in [-0.3, -0.25) is 9.69 Å². The number of hydrogen-bond acceptors (Lipinski definition) is 3. The molecule has 0 atom stereocenters. The second kappa shape index (κ2) is 8.63. The van der Waals surface area contributed by atoms with Crippen LogP contribution in [0.5, 0.6) is 5.75 Å². The Morgan fingerprint density at radius 2 is 1.88 bits per heavy atom. The zero-order valence-corrected chi connectivity index (χ0v) is 16.0. The van der Waals surface area contributed by atoms with Crippen molar-refractivity contribution in [3.05, 3.63) is 88.5 Å². The van der Waals surface area contributed by atoms with Gasteiger partial charge in [-0.25, -0.2) is 4.98 Å². The molecule has 3 aromatic rings. The molecule has 0 aliphatic rings. The van der Waals surface area contributed by atoms with E-state index >= 15 is 0 Å². The van der Waals surface area contributed by atoms with Gasteiger partial charge in [-0.05, 0) is 58.7 Å². The van der Waals surface area contributed by atoms with Gasteiger partial charge in [0, 0.05) is 22.8 Å². The molecule has 5 heteroatoms. The summed E-state index contributed by atoms with van der Waals surface area (Å²) in [7, 11) is 0. The van der Waals surface area contributed by atoms with Gasteiger partial charge in [-0.1, -0.05) is 36.4 Å². The largest absolute Gasteiger partial charge is 0.489 e. The van der Waals surface area contributed by atoms with Gasteiger partial charge in [-0.2, -0.15) is 0 Å². The summed E-state index contributed by atoms with van der Waals surface area (Å²) in [5.41, 5.74) is 1.65. The van der Waals surface area contributed by atoms with Crippen LogP contribution in [0.25, 0.3) is 0 Å². The first-order valence-electron chi connectivity index (χ1n) is 8.37. The average Bonchev–Trinajstić information content (AvgIpc) is 2.69. The van der Waals surface area contributed by atoms with Crippen LogP contribution in [0.2, 0.25) is 0 Å². The van der Waals surface area contributed by atoms with Crippen molar-refractivity contribution in [3.63, 3.8) is 0 Å². The maximum Gasteiger partial charge on any atom is 0.259 e. The topological polar surface area (TPSA) is 42.4 Å². The third-order valence-electron chi connectivity index (χ3n) is 3.88. The summed E-state index contributed by atoms with van der Waals surface area (Å²) in [5.74, 6) is 1.18. The number of rotatable bonds is 6. The lowest BCUT2D eigenvalue weighted by molar-refractivity contribution is 0.0987. The predicted molar refractivity (Wildman–Crippen MR) is 107 cm³/mol. The smallest absolute Gasteiger partial charge is 0.259 e. The molecule has 132 valence electrons. The fourth-order valence-corrected chi connectivity index (χ4v) is 2.79. The molecule has 0 radical (unpaired) electrons. The Morgan fingerprint density at radius 3 is 2.58 bits per heavy atom. The number of amides is 1. The summed E-state index contributed by atoms with van der Waals surface area (Å²) in [6.07, 6.45) is 1.69. The van der Waals surface area contributed by atoms with Crippen LogP contribution in [0.3, 0.4) is 0 Å². The Morgan fingerprint density at radius 1 is 1.08 bits per heavy atom. The Balaban J connectivity index is 1.75. The van der Waals surface area contributed by atoms with Crippen LogP contribution in [0.4, 0.5) is 5.82 Å². The summed E-state index contributed by atoms with van der Waals surface area (Å²) in [6, 6.07) is 20.9. The lowest BCUT2D eigenvalue weighted by atomic mass is 10.2. The first kappa shape index (κ1) is 18.1. The number of ether oxygens (including phenoxy) is 1. The van der Waals surface area contributed by atoms with E-state index < -0.39 is 0 Å². The van der Waals surface area contributed by atoms with Crippen molar-refractivity contribution in [3.8, 4) is 5.75 Å². The van der Waals surface area contributed by atoms with E-state index in [2.05, 4.69) is 20.9 Å². The van der Waals surface area contributed by atoms with Crippen molar-refractivity contribution in [2.24, 2.45) is 0 Å². The monoisotopic (exact) mass is 410 g/mol. The lowest BCUT2D eigenvalue weighted by Gasteiger charge is -2.20. The number of carbonyl (C=O) groups excluding carboxylic acids is 1. The summed E-state index contributed by atoms with van der Waals surface area (Å²) >= 11 is 3.36. The molecule has 4 nitrogen and oxygen atoms in total. The Hall–Kier alpha value is -2.66. The zero-order chi connectivity index (χ0) is 18.4. The number of benzene rings is 2. The number of halogens is 1. The summed E-state index contributed by atoms with van der Waals surface area (Å²) in [4.78, 5) is 18.9. The minimum Gasteiger partial charge on any atom is -0.489 e.